The van der Waals surface area contributed by atoms with E-state index in [9.17, 15) is 13.1 Å². The van der Waals surface area contributed by atoms with Crippen molar-refractivity contribution in [2.45, 2.75) is 51.9 Å². The average Bonchev–Trinajstić information content (AvgIpc) is 3.16. The fraction of sp³-hybridized carbons (Fsp3) is 0.588. The van der Waals surface area contributed by atoms with E-state index >= 15 is 0 Å². The van der Waals surface area contributed by atoms with Gasteiger partial charge in [0.1, 0.15) is 5.60 Å². The number of carbonyl (C=O) groups is 1. The van der Waals surface area contributed by atoms with Crippen molar-refractivity contribution in [2.75, 3.05) is 7.05 Å². The molecule has 152 valence electrons. The van der Waals surface area contributed by atoms with Crippen LogP contribution in [0.4, 0.5) is 13.1 Å². The number of rotatable bonds is 3. The third-order valence-corrected chi connectivity index (χ3v) is 6.30. The summed E-state index contributed by atoms with van der Waals surface area (Å²) in [6.45, 7) is 7.06. The Morgan fingerprint density at radius 3 is 2.59 bits per heavy atom. The number of halogens is 3. The van der Waals surface area contributed by atoms with E-state index in [-0.39, 0.29) is 42.0 Å². The molecule has 1 saturated carbocycles. The Balaban J connectivity index is 0.00000364. The van der Waals surface area contributed by atoms with Gasteiger partial charge in [0, 0.05) is 34.4 Å². The summed E-state index contributed by atoms with van der Waals surface area (Å²) in [4.78, 5) is 19.9. The van der Waals surface area contributed by atoms with E-state index in [4.69, 9.17) is 4.74 Å². The van der Waals surface area contributed by atoms with Crippen LogP contribution in [0.25, 0.3) is 0 Å². The molecule has 10 heteroatoms. The van der Waals surface area contributed by atoms with Crippen LogP contribution in [0.5, 0.6) is 0 Å². The van der Waals surface area contributed by atoms with E-state index in [2.05, 4.69) is 25.9 Å². The Morgan fingerprint density at radius 1 is 1.44 bits per heavy atom. The van der Waals surface area contributed by atoms with E-state index in [1.807, 2.05) is 6.92 Å². The van der Waals surface area contributed by atoms with Gasteiger partial charge < -0.3 is 4.74 Å². The first-order chi connectivity index (χ1) is 12.1. The highest BCUT2D eigenvalue weighted by Gasteiger charge is 2.51. The van der Waals surface area contributed by atoms with Crippen LogP contribution in [0, 0.1) is 11.9 Å². The summed E-state index contributed by atoms with van der Waals surface area (Å²) in [6, 6.07) is 1.70. The second-order valence-corrected chi connectivity index (χ2v) is 9.41. The molecule has 2 rings (SSSR count). The van der Waals surface area contributed by atoms with E-state index in [1.54, 1.807) is 26.8 Å². The number of ether oxygens (including phenoxy) is 1. The largest absolute Gasteiger partial charge is 0.443 e. The van der Waals surface area contributed by atoms with Crippen LogP contribution in [0.2, 0.25) is 0 Å². The molecule has 1 heterocycles. The molecular formula is C17H24BrF2N3O2S2. The number of amidine groups is 1. The second-order valence-electron chi connectivity index (χ2n) is 6.85. The number of hydrogen-bond donors (Lipinski definition) is 0. The summed E-state index contributed by atoms with van der Waals surface area (Å²) in [5.74, 6) is -0.480. The van der Waals surface area contributed by atoms with Crippen LogP contribution in [0.15, 0.2) is 21.7 Å². The molecule has 1 fully saturated rings. The number of amides is 1. The molecule has 0 aromatic carbocycles. The lowest BCUT2D eigenvalue weighted by Crippen LogP contribution is -2.35. The SMILES string of the molecule is C.CN=C(SC1C(C)C1c1cc(Br)cnc1F)N(SF)C(=O)OC(C)(C)C. The first-order valence-corrected chi connectivity index (χ1v) is 10.2. The van der Waals surface area contributed by atoms with Gasteiger partial charge in [-0.15, -0.1) is 3.89 Å². The van der Waals surface area contributed by atoms with E-state index in [0.29, 0.717) is 10.0 Å². The summed E-state index contributed by atoms with van der Waals surface area (Å²) in [5.41, 5.74) is -0.258. The fourth-order valence-corrected chi connectivity index (χ4v) is 4.64. The van der Waals surface area contributed by atoms with Gasteiger partial charge in [0.25, 0.3) is 0 Å². The van der Waals surface area contributed by atoms with Crippen molar-refractivity contribution in [2.24, 2.45) is 10.9 Å². The number of aliphatic imine (C=N–C) groups is 1. The molecule has 0 spiro atoms. The van der Waals surface area contributed by atoms with Crippen molar-refractivity contribution in [3.8, 4) is 0 Å². The molecule has 1 aliphatic carbocycles. The highest BCUT2D eigenvalue weighted by Crippen LogP contribution is 2.56. The third-order valence-electron chi connectivity index (χ3n) is 3.72. The Hall–Kier alpha value is -0.870. The summed E-state index contributed by atoms with van der Waals surface area (Å²) in [7, 11) is 1.47. The van der Waals surface area contributed by atoms with Gasteiger partial charge in [0.2, 0.25) is 5.95 Å². The lowest BCUT2D eigenvalue weighted by molar-refractivity contribution is 0.0474. The van der Waals surface area contributed by atoms with Gasteiger partial charge in [-0.3, -0.25) is 4.99 Å². The third kappa shape index (κ3) is 6.05. The molecule has 0 N–H and O–H groups in total. The zero-order chi connectivity index (χ0) is 19.6. The smallest absolute Gasteiger partial charge is 0.428 e. The maximum Gasteiger partial charge on any atom is 0.428 e. The number of thioether (sulfide) groups is 1. The van der Waals surface area contributed by atoms with Crippen molar-refractivity contribution in [3.63, 3.8) is 0 Å². The van der Waals surface area contributed by atoms with Crippen molar-refractivity contribution >= 4 is 51.3 Å². The lowest BCUT2D eigenvalue weighted by atomic mass is 10.1. The molecule has 1 aromatic heterocycles. The Labute approximate surface area is 176 Å². The molecule has 0 bridgehead atoms. The predicted octanol–water partition coefficient (Wildman–Crippen LogP) is 6.21. The summed E-state index contributed by atoms with van der Waals surface area (Å²) in [5, 5.41) is 0.130. The maximum atomic E-state index is 14.0. The van der Waals surface area contributed by atoms with E-state index in [1.165, 1.54) is 25.0 Å². The van der Waals surface area contributed by atoms with Crippen LogP contribution in [-0.2, 0) is 4.74 Å². The van der Waals surface area contributed by atoms with Crippen molar-refractivity contribution in [3.05, 3.63) is 28.2 Å². The van der Waals surface area contributed by atoms with Gasteiger partial charge in [-0.25, -0.2) is 9.78 Å². The zero-order valence-electron chi connectivity index (χ0n) is 15.0. The Bertz CT molecular complexity index is 716. The predicted molar refractivity (Wildman–Crippen MR) is 112 cm³/mol. The number of carbonyl (C=O) groups excluding carboxylic acids is 1. The lowest BCUT2D eigenvalue weighted by Gasteiger charge is -2.24. The van der Waals surface area contributed by atoms with Crippen LogP contribution >= 0.6 is 40.0 Å². The molecule has 0 radical (unpaired) electrons. The molecular weight excluding hydrogens is 460 g/mol. The minimum absolute atomic E-state index is 0. The summed E-state index contributed by atoms with van der Waals surface area (Å²) >= 11 is 4.26. The second kappa shape index (κ2) is 9.56. The Morgan fingerprint density at radius 2 is 2.07 bits per heavy atom. The summed E-state index contributed by atoms with van der Waals surface area (Å²) < 4.78 is 34.1. The standard InChI is InChI=1S/C16H20BrF2N3O2S2.CH4/c1-8-11(10-6-9(17)7-21-13(10)18)12(8)25-14(20-5)22(26-19)15(23)24-16(2,3)4;/h6-8,11-12H,1-5H3;1H4. The molecule has 27 heavy (non-hydrogen) atoms. The molecule has 0 aliphatic heterocycles. The minimum Gasteiger partial charge on any atom is -0.443 e. The van der Waals surface area contributed by atoms with Crippen molar-refractivity contribution < 1.29 is 17.8 Å². The molecule has 1 aromatic rings. The molecule has 1 amide bonds. The first kappa shape index (κ1) is 24.2. The quantitative estimate of drug-likeness (QED) is 0.221. The monoisotopic (exact) mass is 483 g/mol. The zero-order valence-corrected chi connectivity index (χ0v) is 18.2. The van der Waals surface area contributed by atoms with Gasteiger partial charge in [-0.05, 0) is 48.7 Å². The fourth-order valence-electron chi connectivity index (χ4n) is 2.49. The van der Waals surface area contributed by atoms with Crippen molar-refractivity contribution in [1.29, 1.82) is 0 Å². The van der Waals surface area contributed by atoms with Crippen LogP contribution in [-0.4, -0.2) is 38.4 Å². The number of hydrogen-bond acceptors (Lipinski definition) is 6. The van der Waals surface area contributed by atoms with Crippen LogP contribution in [0.3, 0.4) is 0 Å². The van der Waals surface area contributed by atoms with E-state index in [0.717, 1.165) is 4.31 Å². The Kier molecular flexibility index (Phi) is 8.55. The maximum absolute atomic E-state index is 14.0. The molecule has 0 saturated heterocycles. The average molecular weight is 484 g/mol. The van der Waals surface area contributed by atoms with Gasteiger partial charge in [-0.1, -0.05) is 26.1 Å². The topological polar surface area (TPSA) is 54.8 Å². The first-order valence-electron chi connectivity index (χ1n) is 7.85. The highest BCUT2D eigenvalue weighted by molar-refractivity contribution is 9.10. The van der Waals surface area contributed by atoms with Crippen LogP contribution < -0.4 is 0 Å². The van der Waals surface area contributed by atoms with Gasteiger partial charge in [0.15, 0.2) is 17.5 Å². The van der Waals surface area contributed by atoms with Gasteiger partial charge in [-0.2, -0.15) is 8.70 Å². The number of pyridine rings is 1. The minimum atomic E-state index is -0.835. The summed E-state index contributed by atoms with van der Waals surface area (Å²) in [6.07, 6.45) is 0.565. The van der Waals surface area contributed by atoms with Gasteiger partial charge >= 0.3 is 6.09 Å². The number of aromatic nitrogens is 1. The highest BCUT2D eigenvalue weighted by atomic mass is 79.9. The molecule has 5 nitrogen and oxygen atoms in total. The van der Waals surface area contributed by atoms with Crippen molar-refractivity contribution in [1.82, 2.24) is 9.29 Å². The van der Waals surface area contributed by atoms with E-state index < -0.39 is 17.6 Å². The normalized spacial score (nSPS) is 22.1. The van der Waals surface area contributed by atoms with Crippen LogP contribution in [0.1, 0.15) is 46.6 Å². The molecule has 1 aliphatic rings. The molecule has 3 atom stereocenters. The molecule has 3 unspecified atom stereocenters. The number of nitrogens with zero attached hydrogens (tertiary/aromatic N) is 3. The van der Waals surface area contributed by atoms with Gasteiger partial charge in [0.05, 0.1) is 0 Å².